The molecule has 0 aliphatic carbocycles. The molecule has 0 unspecified atom stereocenters. The van der Waals surface area contributed by atoms with Crippen LogP contribution < -0.4 is 0 Å². The van der Waals surface area contributed by atoms with E-state index in [-0.39, 0.29) is 5.78 Å². The molecule has 20 heavy (non-hydrogen) atoms. The van der Waals surface area contributed by atoms with Gasteiger partial charge in [0.25, 0.3) is 0 Å². The minimum absolute atomic E-state index is 0.0108. The fraction of sp³-hybridized carbons (Fsp3) is 0.0625. The molecule has 0 aliphatic rings. The molecular formula is C16H12Br2OS. The molecule has 0 atom stereocenters. The van der Waals surface area contributed by atoms with Crippen molar-refractivity contribution in [2.75, 3.05) is 6.26 Å². The van der Waals surface area contributed by atoms with Gasteiger partial charge in [0.2, 0.25) is 0 Å². The van der Waals surface area contributed by atoms with Crippen molar-refractivity contribution in [2.24, 2.45) is 0 Å². The molecule has 1 nitrogen and oxygen atoms in total. The summed E-state index contributed by atoms with van der Waals surface area (Å²) in [5, 5.41) is 0. The average Bonchev–Trinajstić information content (AvgIpc) is 2.48. The second kappa shape index (κ2) is 7.25. The van der Waals surface area contributed by atoms with Crippen LogP contribution in [0, 0.1) is 0 Å². The van der Waals surface area contributed by atoms with Crippen LogP contribution in [0.25, 0.3) is 6.08 Å². The summed E-state index contributed by atoms with van der Waals surface area (Å²) in [5.41, 5.74) is 1.68. The predicted octanol–water partition coefficient (Wildman–Crippen LogP) is 5.83. The van der Waals surface area contributed by atoms with Crippen LogP contribution in [0.4, 0.5) is 0 Å². The molecule has 2 aromatic rings. The third-order valence-corrected chi connectivity index (χ3v) is 5.37. The monoisotopic (exact) mass is 410 g/mol. The zero-order valence-corrected chi connectivity index (χ0v) is 14.8. The quantitative estimate of drug-likeness (QED) is 0.357. The highest BCUT2D eigenvalue weighted by Gasteiger charge is 2.02. The zero-order chi connectivity index (χ0) is 14.5. The number of hydrogen-bond acceptors (Lipinski definition) is 2. The van der Waals surface area contributed by atoms with Crippen LogP contribution in [0.5, 0.6) is 0 Å². The van der Waals surface area contributed by atoms with Gasteiger partial charge in [0.1, 0.15) is 0 Å². The molecule has 0 spiro atoms. The highest BCUT2D eigenvalue weighted by atomic mass is 79.9. The molecule has 0 amide bonds. The predicted molar refractivity (Wildman–Crippen MR) is 93.4 cm³/mol. The highest BCUT2D eigenvalue weighted by molar-refractivity contribution is 9.13. The fourth-order valence-electron chi connectivity index (χ4n) is 1.64. The SMILES string of the molecule is CSc1ccc(C(=O)/C=C/c2ccc(Br)c(Br)c2)cc1. The van der Waals surface area contributed by atoms with Gasteiger partial charge in [0.15, 0.2) is 5.78 Å². The number of rotatable bonds is 4. The van der Waals surface area contributed by atoms with Gasteiger partial charge in [-0.2, -0.15) is 0 Å². The van der Waals surface area contributed by atoms with Crippen LogP contribution >= 0.6 is 43.6 Å². The second-order valence-electron chi connectivity index (χ2n) is 4.10. The molecule has 4 heteroatoms. The first-order chi connectivity index (χ1) is 9.60. The maximum atomic E-state index is 12.1. The third kappa shape index (κ3) is 4.08. The summed E-state index contributed by atoms with van der Waals surface area (Å²) in [6, 6.07) is 13.5. The van der Waals surface area contributed by atoms with Crippen molar-refractivity contribution in [3.63, 3.8) is 0 Å². The largest absolute Gasteiger partial charge is 0.289 e. The maximum Gasteiger partial charge on any atom is 0.185 e. The summed E-state index contributed by atoms with van der Waals surface area (Å²) in [5.74, 6) is 0.0108. The van der Waals surface area contributed by atoms with Gasteiger partial charge >= 0.3 is 0 Å². The van der Waals surface area contributed by atoms with E-state index < -0.39 is 0 Å². The van der Waals surface area contributed by atoms with Crippen molar-refractivity contribution >= 4 is 55.5 Å². The van der Waals surface area contributed by atoms with Crippen LogP contribution in [0.1, 0.15) is 15.9 Å². The summed E-state index contributed by atoms with van der Waals surface area (Å²) in [6.45, 7) is 0. The lowest BCUT2D eigenvalue weighted by Gasteiger charge is -2.00. The number of benzene rings is 2. The van der Waals surface area contributed by atoms with E-state index in [2.05, 4.69) is 31.9 Å². The topological polar surface area (TPSA) is 17.1 Å². The lowest BCUT2D eigenvalue weighted by Crippen LogP contribution is -1.93. The van der Waals surface area contributed by atoms with E-state index in [1.54, 1.807) is 17.8 Å². The van der Waals surface area contributed by atoms with Crippen LogP contribution in [0.2, 0.25) is 0 Å². The van der Waals surface area contributed by atoms with Gasteiger partial charge < -0.3 is 0 Å². The molecule has 0 radical (unpaired) electrons. The average molecular weight is 412 g/mol. The molecule has 0 bridgehead atoms. The number of thioether (sulfide) groups is 1. The van der Waals surface area contributed by atoms with Crippen molar-refractivity contribution in [3.05, 3.63) is 68.6 Å². The number of carbonyl (C=O) groups excluding carboxylic acids is 1. The Bertz CT molecular complexity index is 648. The number of hydrogen-bond donors (Lipinski definition) is 0. The van der Waals surface area contributed by atoms with Crippen molar-refractivity contribution in [1.29, 1.82) is 0 Å². The summed E-state index contributed by atoms with van der Waals surface area (Å²) in [6.07, 6.45) is 5.44. The normalized spacial score (nSPS) is 10.9. The Morgan fingerprint density at radius 3 is 2.35 bits per heavy atom. The van der Waals surface area contributed by atoms with Gasteiger partial charge in [-0.3, -0.25) is 4.79 Å². The number of halogens is 2. The molecule has 102 valence electrons. The molecule has 2 rings (SSSR count). The van der Waals surface area contributed by atoms with Gasteiger partial charge in [0, 0.05) is 19.4 Å². The van der Waals surface area contributed by atoms with E-state index in [1.807, 2.05) is 54.8 Å². The van der Waals surface area contributed by atoms with Crippen molar-refractivity contribution in [3.8, 4) is 0 Å². The lowest BCUT2D eigenvalue weighted by molar-refractivity contribution is 0.104. The van der Waals surface area contributed by atoms with Crippen LogP contribution in [-0.4, -0.2) is 12.0 Å². The van der Waals surface area contributed by atoms with E-state index in [1.165, 1.54) is 0 Å². The summed E-state index contributed by atoms with van der Waals surface area (Å²) in [4.78, 5) is 13.2. The van der Waals surface area contributed by atoms with Gasteiger partial charge in [-0.05, 0) is 86.2 Å². The van der Waals surface area contributed by atoms with Gasteiger partial charge in [-0.1, -0.05) is 12.1 Å². The van der Waals surface area contributed by atoms with Crippen LogP contribution in [0.3, 0.4) is 0 Å². The van der Waals surface area contributed by atoms with E-state index in [0.717, 1.165) is 19.4 Å². The van der Waals surface area contributed by atoms with Gasteiger partial charge in [-0.15, -0.1) is 11.8 Å². The van der Waals surface area contributed by atoms with Crippen LogP contribution in [-0.2, 0) is 0 Å². The zero-order valence-electron chi connectivity index (χ0n) is 10.8. The van der Waals surface area contributed by atoms with E-state index in [0.29, 0.717) is 5.56 Å². The molecule has 0 fully saturated rings. The number of ketones is 1. The van der Waals surface area contributed by atoms with Crippen LogP contribution in [0.15, 0.2) is 62.4 Å². The van der Waals surface area contributed by atoms with E-state index >= 15 is 0 Å². The Labute approximate surface area is 139 Å². The Morgan fingerprint density at radius 1 is 1.05 bits per heavy atom. The molecule has 0 heterocycles. The maximum absolute atomic E-state index is 12.1. The van der Waals surface area contributed by atoms with E-state index in [4.69, 9.17) is 0 Å². The highest BCUT2D eigenvalue weighted by Crippen LogP contribution is 2.24. The Hall–Kier alpha value is -0.840. The Balaban J connectivity index is 2.13. The third-order valence-electron chi connectivity index (χ3n) is 2.75. The summed E-state index contributed by atoms with van der Waals surface area (Å²) in [7, 11) is 0. The first-order valence-corrected chi connectivity index (χ1v) is 8.73. The Morgan fingerprint density at radius 2 is 1.75 bits per heavy atom. The molecule has 2 aromatic carbocycles. The van der Waals surface area contributed by atoms with Gasteiger partial charge in [-0.25, -0.2) is 0 Å². The standard InChI is InChI=1S/C16H12Br2OS/c1-20-13-6-4-12(5-7-13)16(19)9-3-11-2-8-14(17)15(18)10-11/h2-10H,1H3/b9-3+. The fourth-order valence-corrected chi connectivity index (χ4v) is 2.69. The first-order valence-electron chi connectivity index (χ1n) is 5.91. The molecule has 0 aromatic heterocycles. The van der Waals surface area contributed by atoms with Crippen molar-refractivity contribution < 1.29 is 4.79 Å². The Kier molecular flexibility index (Phi) is 5.64. The second-order valence-corrected chi connectivity index (χ2v) is 6.69. The molecule has 0 aliphatic heterocycles. The summed E-state index contributed by atoms with van der Waals surface area (Å²) < 4.78 is 1.96. The molecular weight excluding hydrogens is 400 g/mol. The number of carbonyl (C=O) groups is 1. The van der Waals surface area contributed by atoms with E-state index in [9.17, 15) is 4.79 Å². The number of allylic oxidation sites excluding steroid dienone is 1. The summed E-state index contributed by atoms with van der Waals surface area (Å²) >= 11 is 8.53. The first kappa shape index (κ1) is 15.5. The lowest BCUT2D eigenvalue weighted by atomic mass is 10.1. The molecule has 0 saturated carbocycles. The van der Waals surface area contributed by atoms with Crippen molar-refractivity contribution in [1.82, 2.24) is 0 Å². The minimum atomic E-state index is 0.0108. The smallest absolute Gasteiger partial charge is 0.185 e. The van der Waals surface area contributed by atoms with Gasteiger partial charge in [0.05, 0.1) is 0 Å². The molecule has 0 N–H and O–H groups in total. The molecule has 0 saturated heterocycles. The minimum Gasteiger partial charge on any atom is -0.289 e. The van der Waals surface area contributed by atoms with Crippen molar-refractivity contribution in [2.45, 2.75) is 4.90 Å².